The highest BCUT2D eigenvalue weighted by atomic mass is 16.5. The van der Waals surface area contributed by atoms with Crippen LogP contribution in [0.5, 0.6) is 11.5 Å². The van der Waals surface area contributed by atoms with Gasteiger partial charge in [0.05, 0.1) is 13.7 Å². The lowest BCUT2D eigenvalue weighted by Gasteiger charge is -2.37. The van der Waals surface area contributed by atoms with Crippen molar-refractivity contribution in [2.45, 2.75) is 26.3 Å². The fourth-order valence-corrected chi connectivity index (χ4v) is 3.04. The maximum absolute atomic E-state index is 11.9. The number of carbonyl (C=O) groups is 1. The van der Waals surface area contributed by atoms with Gasteiger partial charge in [-0.3, -0.25) is 9.69 Å². The summed E-state index contributed by atoms with van der Waals surface area (Å²) in [6, 6.07) is 4.76. The Balaban J connectivity index is 2.22. The van der Waals surface area contributed by atoms with Crippen LogP contribution >= 0.6 is 0 Å². The third-order valence-corrected chi connectivity index (χ3v) is 4.42. The normalized spacial score (nSPS) is 17.5. The average molecular weight is 336 g/mol. The number of methoxy groups -OCH3 is 1. The SMILES string of the molecule is CCCOc1cc(C(C(=O)O)N2CCN(CC)CC2)ccc1OC. The zero-order valence-electron chi connectivity index (χ0n) is 14.8. The number of carboxylic acid groups (broad SMARTS) is 1. The molecule has 1 saturated heterocycles. The first kappa shape index (κ1) is 18.5. The minimum Gasteiger partial charge on any atom is -0.493 e. The molecule has 1 N–H and O–H groups in total. The molecule has 1 aromatic rings. The molecule has 1 aromatic carbocycles. The first-order chi connectivity index (χ1) is 11.6. The van der Waals surface area contributed by atoms with E-state index in [1.165, 1.54) is 0 Å². The van der Waals surface area contributed by atoms with Crippen LogP contribution in [0.2, 0.25) is 0 Å². The quantitative estimate of drug-likeness (QED) is 0.786. The van der Waals surface area contributed by atoms with Gasteiger partial charge in [-0.1, -0.05) is 19.9 Å². The smallest absolute Gasteiger partial charge is 0.325 e. The number of hydrogen-bond acceptors (Lipinski definition) is 5. The van der Waals surface area contributed by atoms with Crippen LogP contribution < -0.4 is 9.47 Å². The Kier molecular flexibility index (Phi) is 6.87. The molecule has 0 aromatic heterocycles. The lowest BCUT2D eigenvalue weighted by molar-refractivity contribution is -0.144. The molecule has 1 aliphatic heterocycles. The van der Waals surface area contributed by atoms with Gasteiger partial charge in [0.1, 0.15) is 6.04 Å². The summed E-state index contributed by atoms with van der Waals surface area (Å²) in [5, 5.41) is 9.77. The number of likely N-dealkylation sites (N-methyl/N-ethyl adjacent to an activating group) is 1. The van der Waals surface area contributed by atoms with Crippen molar-refractivity contribution >= 4 is 5.97 Å². The molecule has 1 heterocycles. The lowest BCUT2D eigenvalue weighted by Crippen LogP contribution is -2.49. The molecule has 0 radical (unpaired) electrons. The highest BCUT2D eigenvalue weighted by molar-refractivity contribution is 5.76. The van der Waals surface area contributed by atoms with Crippen molar-refractivity contribution < 1.29 is 19.4 Å². The molecule has 0 spiro atoms. The molecule has 1 aliphatic rings. The van der Waals surface area contributed by atoms with E-state index >= 15 is 0 Å². The van der Waals surface area contributed by atoms with Gasteiger partial charge in [0, 0.05) is 26.2 Å². The summed E-state index contributed by atoms with van der Waals surface area (Å²) in [5.41, 5.74) is 0.736. The van der Waals surface area contributed by atoms with Gasteiger partial charge in [-0.05, 0) is 30.7 Å². The van der Waals surface area contributed by atoms with Crippen LogP contribution in [0.25, 0.3) is 0 Å². The summed E-state index contributed by atoms with van der Waals surface area (Å²) >= 11 is 0. The molecule has 1 fully saturated rings. The standard InChI is InChI=1S/C18H28N2O4/c1-4-12-24-16-13-14(6-7-15(16)23-3)17(18(21)22)20-10-8-19(5-2)9-11-20/h6-7,13,17H,4-5,8-12H2,1-3H3,(H,21,22). The van der Waals surface area contributed by atoms with E-state index in [1.54, 1.807) is 19.2 Å². The number of nitrogens with zero attached hydrogens (tertiary/aromatic N) is 2. The summed E-state index contributed by atoms with van der Waals surface area (Å²) in [6.45, 7) is 9.04. The molecule has 0 aliphatic carbocycles. The van der Waals surface area contributed by atoms with Crippen LogP contribution in [0.3, 0.4) is 0 Å². The molecule has 0 saturated carbocycles. The number of benzene rings is 1. The minimum atomic E-state index is -0.827. The third kappa shape index (κ3) is 4.39. The van der Waals surface area contributed by atoms with E-state index in [0.29, 0.717) is 18.1 Å². The topological polar surface area (TPSA) is 62.2 Å². The molecule has 6 heteroatoms. The predicted octanol–water partition coefficient (Wildman–Crippen LogP) is 2.25. The first-order valence-corrected chi connectivity index (χ1v) is 8.60. The molecule has 134 valence electrons. The van der Waals surface area contributed by atoms with Gasteiger partial charge in [0.25, 0.3) is 0 Å². The van der Waals surface area contributed by atoms with Crippen LogP contribution in [0.1, 0.15) is 31.9 Å². The van der Waals surface area contributed by atoms with Crippen molar-refractivity contribution in [3.05, 3.63) is 23.8 Å². The summed E-state index contributed by atoms with van der Waals surface area (Å²) in [5.74, 6) is 0.411. The van der Waals surface area contributed by atoms with Gasteiger partial charge >= 0.3 is 5.97 Å². The van der Waals surface area contributed by atoms with E-state index < -0.39 is 12.0 Å². The number of ether oxygens (including phenoxy) is 2. The van der Waals surface area contributed by atoms with Crippen molar-refractivity contribution in [2.24, 2.45) is 0 Å². The van der Waals surface area contributed by atoms with Gasteiger partial charge in [-0.25, -0.2) is 0 Å². The molecular weight excluding hydrogens is 308 g/mol. The van der Waals surface area contributed by atoms with Crippen LogP contribution in [0.15, 0.2) is 18.2 Å². The van der Waals surface area contributed by atoms with E-state index in [1.807, 2.05) is 17.9 Å². The van der Waals surface area contributed by atoms with Crippen molar-refractivity contribution in [3.8, 4) is 11.5 Å². The molecular formula is C18H28N2O4. The fourth-order valence-electron chi connectivity index (χ4n) is 3.04. The number of aliphatic carboxylic acids is 1. The second-order valence-corrected chi connectivity index (χ2v) is 5.97. The Morgan fingerprint density at radius 2 is 1.92 bits per heavy atom. The Hall–Kier alpha value is -1.79. The monoisotopic (exact) mass is 336 g/mol. The number of carboxylic acids is 1. The average Bonchev–Trinajstić information content (AvgIpc) is 2.60. The van der Waals surface area contributed by atoms with Crippen molar-refractivity contribution in [2.75, 3.05) is 46.4 Å². The van der Waals surface area contributed by atoms with Crippen LogP contribution in [-0.2, 0) is 4.79 Å². The zero-order valence-corrected chi connectivity index (χ0v) is 14.8. The van der Waals surface area contributed by atoms with Crippen LogP contribution in [0, 0.1) is 0 Å². The number of hydrogen-bond donors (Lipinski definition) is 1. The fraction of sp³-hybridized carbons (Fsp3) is 0.611. The Bertz CT molecular complexity index is 542. The van der Waals surface area contributed by atoms with E-state index in [9.17, 15) is 9.90 Å². The number of piperazine rings is 1. The summed E-state index contributed by atoms with van der Waals surface area (Å²) < 4.78 is 11.0. The summed E-state index contributed by atoms with van der Waals surface area (Å²) in [4.78, 5) is 16.3. The molecule has 2 rings (SSSR count). The van der Waals surface area contributed by atoms with Crippen molar-refractivity contribution in [1.82, 2.24) is 9.80 Å². The van der Waals surface area contributed by atoms with Gasteiger partial charge < -0.3 is 19.5 Å². The highest BCUT2D eigenvalue weighted by Gasteiger charge is 2.30. The van der Waals surface area contributed by atoms with Crippen molar-refractivity contribution in [1.29, 1.82) is 0 Å². The predicted molar refractivity (Wildman–Crippen MR) is 92.8 cm³/mol. The second-order valence-electron chi connectivity index (χ2n) is 5.97. The molecule has 6 nitrogen and oxygen atoms in total. The molecule has 0 amide bonds. The first-order valence-electron chi connectivity index (χ1n) is 8.60. The van der Waals surface area contributed by atoms with E-state index in [2.05, 4.69) is 11.8 Å². The largest absolute Gasteiger partial charge is 0.493 e. The van der Waals surface area contributed by atoms with Crippen LogP contribution in [-0.4, -0.2) is 67.3 Å². The second kappa shape index (κ2) is 8.89. The third-order valence-electron chi connectivity index (χ3n) is 4.42. The van der Waals surface area contributed by atoms with E-state index in [4.69, 9.17) is 9.47 Å². The molecule has 24 heavy (non-hydrogen) atoms. The van der Waals surface area contributed by atoms with Gasteiger partial charge in [0.15, 0.2) is 11.5 Å². The van der Waals surface area contributed by atoms with E-state index in [0.717, 1.165) is 44.7 Å². The van der Waals surface area contributed by atoms with Crippen molar-refractivity contribution in [3.63, 3.8) is 0 Å². The van der Waals surface area contributed by atoms with Gasteiger partial charge in [0.2, 0.25) is 0 Å². The molecule has 1 atom stereocenters. The molecule has 0 bridgehead atoms. The Labute approximate surface area is 144 Å². The minimum absolute atomic E-state index is 0.576. The summed E-state index contributed by atoms with van der Waals surface area (Å²) in [7, 11) is 1.59. The Morgan fingerprint density at radius 1 is 1.21 bits per heavy atom. The maximum Gasteiger partial charge on any atom is 0.325 e. The van der Waals surface area contributed by atoms with Gasteiger partial charge in [-0.15, -0.1) is 0 Å². The maximum atomic E-state index is 11.9. The Morgan fingerprint density at radius 3 is 2.46 bits per heavy atom. The number of rotatable bonds is 8. The van der Waals surface area contributed by atoms with E-state index in [-0.39, 0.29) is 0 Å². The van der Waals surface area contributed by atoms with Gasteiger partial charge in [-0.2, -0.15) is 0 Å². The highest BCUT2D eigenvalue weighted by Crippen LogP contribution is 2.33. The lowest BCUT2D eigenvalue weighted by atomic mass is 10.0. The zero-order chi connectivity index (χ0) is 17.5. The summed E-state index contributed by atoms with van der Waals surface area (Å²) in [6.07, 6.45) is 0.884. The molecule has 1 unspecified atom stereocenters. The van der Waals surface area contributed by atoms with Crippen LogP contribution in [0.4, 0.5) is 0 Å².